The lowest BCUT2D eigenvalue weighted by Crippen LogP contribution is -2.57. The summed E-state index contributed by atoms with van der Waals surface area (Å²) < 4.78 is 21.7. The second-order valence-electron chi connectivity index (χ2n) is 5.12. The third-order valence-electron chi connectivity index (χ3n) is 3.84. The van der Waals surface area contributed by atoms with Gasteiger partial charge in [-0.3, -0.25) is 9.47 Å². The highest BCUT2D eigenvalue weighted by Gasteiger charge is 2.68. The van der Waals surface area contributed by atoms with Gasteiger partial charge in [0.2, 0.25) is 5.79 Å². The molecule has 0 spiro atoms. The van der Waals surface area contributed by atoms with Crippen LogP contribution in [-0.2, 0) is 23.7 Å². The molecule has 0 radical (unpaired) electrons. The molecule has 22 heavy (non-hydrogen) atoms. The van der Waals surface area contributed by atoms with Crippen molar-refractivity contribution in [3.05, 3.63) is 11.1 Å². The number of esters is 1. The van der Waals surface area contributed by atoms with E-state index in [0.29, 0.717) is 6.42 Å². The fourth-order valence-electron chi connectivity index (χ4n) is 2.69. The molecule has 3 aliphatic rings. The van der Waals surface area contributed by atoms with Gasteiger partial charge < -0.3 is 24.8 Å². The maximum absolute atomic E-state index is 12.2. The van der Waals surface area contributed by atoms with Crippen LogP contribution in [0.2, 0.25) is 0 Å². The molecule has 0 aromatic rings. The maximum atomic E-state index is 12.2. The SMILES string of the molecule is CCOC(=O)/C(=C(/CO)C12COC(CC)(O1)O2)C(CO)CO. The Morgan fingerprint density at radius 3 is 2.27 bits per heavy atom. The second-order valence-corrected chi connectivity index (χ2v) is 5.12. The first-order chi connectivity index (χ1) is 10.5. The number of carbonyl (C=O) groups is 1. The molecule has 0 aliphatic carbocycles. The molecule has 3 aliphatic heterocycles. The highest BCUT2D eigenvalue weighted by atomic mass is 17.0. The molecule has 126 valence electrons. The molecule has 0 aromatic carbocycles. The molecule has 0 amide bonds. The number of rotatable bonds is 8. The van der Waals surface area contributed by atoms with Gasteiger partial charge >= 0.3 is 5.97 Å². The predicted molar refractivity (Wildman–Crippen MR) is 72.3 cm³/mol. The zero-order valence-corrected chi connectivity index (χ0v) is 12.7. The largest absolute Gasteiger partial charge is 0.463 e. The molecule has 0 atom stereocenters. The summed E-state index contributed by atoms with van der Waals surface area (Å²) in [6.45, 7) is 2.07. The van der Waals surface area contributed by atoms with Crippen LogP contribution in [0.4, 0.5) is 0 Å². The minimum Gasteiger partial charge on any atom is -0.463 e. The molecule has 0 saturated carbocycles. The average molecular weight is 318 g/mol. The third kappa shape index (κ3) is 2.66. The topological polar surface area (TPSA) is 115 Å². The number of aliphatic hydroxyl groups is 3. The van der Waals surface area contributed by atoms with Gasteiger partial charge in [0.25, 0.3) is 5.97 Å². The van der Waals surface area contributed by atoms with Gasteiger partial charge in [-0.25, -0.2) is 4.79 Å². The Bertz CT molecular complexity index is 448. The van der Waals surface area contributed by atoms with E-state index < -0.39 is 43.5 Å². The summed E-state index contributed by atoms with van der Waals surface area (Å²) >= 11 is 0. The van der Waals surface area contributed by atoms with Gasteiger partial charge in [-0.2, -0.15) is 0 Å². The summed E-state index contributed by atoms with van der Waals surface area (Å²) in [5, 5.41) is 28.5. The molecule has 3 fully saturated rings. The Morgan fingerprint density at radius 1 is 1.23 bits per heavy atom. The van der Waals surface area contributed by atoms with Gasteiger partial charge in [0.05, 0.1) is 32.0 Å². The standard InChI is InChI=1S/C14H22O8/c1-3-14-20-8-13(21-14,22-14)10(7-17)11(9(5-15)6-16)12(18)19-4-2/h9,15-17H,3-8H2,1-2H3/b11-10-. The summed E-state index contributed by atoms with van der Waals surface area (Å²) in [6, 6.07) is 0. The van der Waals surface area contributed by atoms with Crippen molar-refractivity contribution in [3.8, 4) is 0 Å². The smallest absolute Gasteiger partial charge is 0.334 e. The van der Waals surface area contributed by atoms with Gasteiger partial charge in [-0.1, -0.05) is 6.92 Å². The average Bonchev–Trinajstić information content (AvgIpc) is 3.04. The van der Waals surface area contributed by atoms with Crippen molar-refractivity contribution in [1.82, 2.24) is 0 Å². The van der Waals surface area contributed by atoms with Crippen LogP contribution in [0.15, 0.2) is 11.1 Å². The number of carbonyl (C=O) groups excluding carboxylic acids is 1. The summed E-state index contributed by atoms with van der Waals surface area (Å²) in [6.07, 6.45) is 0.450. The molecule has 3 rings (SSSR count). The van der Waals surface area contributed by atoms with E-state index in [1.165, 1.54) is 0 Å². The Hall–Kier alpha value is -1.03. The van der Waals surface area contributed by atoms with Crippen molar-refractivity contribution in [1.29, 1.82) is 0 Å². The van der Waals surface area contributed by atoms with Crippen LogP contribution < -0.4 is 0 Å². The lowest BCUT2D eigenvalue weighted by molar-refractivity contribution is -0.496. The predicted octanol–water partition coefficient (Wildman–Crippen LogP) is -0.724. The van der Waals surface area contributed by atoms with Crippen LogP contribution >= 0.6 is 0 Å². The molecule has 8 nitrogen and oxygen atoms in total. The molecule has 3 N–H and O–H groups in total. The molecule has 3 heterocycles. The van der Waals surface area contributed by atoms with Crippen LogP contribution in [0.3, 0.4) is 0 Å². The number of aliphatic hydroxyl groups excluding tert-OH is 3. The van der Waals surface area contributed by atoms with Crippen LogP contribution in [0, 0.1) is 5.92 Å². The first-order valence-electron chi connectivity index (χ1n) is 7.28. The maximum Gasteiger partial charge on any atom is 0.334 e. The van der Waals surface area contributed by atoms with Crippen molar-refractivity contribution in [2.75, 3.05) is 33.0 Å². The lowest BCUT2D eigenvalue weighted by atomic mass is 9.90. The first-order valence-corrected chi connectivity index (χ1v) is 7.28. The Labute approximate surface area is 128 Å². The van der Waals surface area contributed by atoms with Crippen molar-refractivity contribution >= 4 is 5.97 Å². The van der Waals surface area contributed by atoms with E-state index in [1.807, 2.05) is 6.92 Å². The summed E-state index contributed by atoms with van der Waals surface area (Å²) in [7, 11) is 0. The minimum atomic E-state index is -1.37. The number of hydrogen-bond acceptors (Lipinski definition) is 8. The fourth-order valence-corrected chi connectivity index (χ4v) is 2.69. The number of ether oxygens (including phenoxy) is 4. The van der Waals surface area contributed by atoms with Crippen molar-refractivity contribution < 1.29 is 39.1 Å². The van der Waals surface area contributed by atoms with E-state index in [0.717, 1.165) is 0 Å². The van der Waals surface area contributed by atoms with Gasteiger partial charge in [0, 0.05) is 17.9 Å². The quantitative estimate of drug-likeness (QED) is 0.397. The van der Waals surface area contributed by atoms with E-state index in [9.17, 15) is 20.1 Å². The van der Waals surface area contributed by atoms with E-state index in [-0.39, 0.29) is 24.4 Å². The third-order valence-corrected chi connectivity index (χ3v) is 3.84. The monoisotopic (exact) mass is 318 g/mol. The zero-order chi connectivity index (χ0) is 16.4. The molecule has 3 saturated heterocycles. The van der Waals surface area contributed by atoms with Crippen molar-refractivity contribution in [3.63, 3.8) is 0 Å². The second kappa shape index (κ2) is 6.61. The first kappa shape index (κ1) is 17.3. The van der Waals surface area contributed by atoms with Crippen LogP contribution in [0.5, 0.6) is 0 Å². The Balaban J connectivity index is 2.40. The van der Waals surface area contributed by atoms with Gasteiger partial charge in [-0.05, 0) is 6.92 Å². The van der Waals surface area contributed by atoms with E-state index in [4.69, 9.17) is 18.9 Å². The highest BCUT2D eigenvalue weighted by Crippen LogP contribution is 2.53. The normalized spacial score (nSPS) is 31.0. The summed E-state index contributed by atoms with van der Waals surface area (Å²) in [5.74, 6) is -4.15. The highest BCUT2D eigenvalue weighted by molar-refractivity contribution is 5.90. The van der Waals surface area contributed by atoms with Gasteiger partial charge in [0.15, 0.2) is 0 Å². The molecular formula is C14H22O8. The van der Waals surface area contributed by atoms with E-state index in [1.54, 1.807) is 6.92 Å². The van der Waals surface area contributed by atoms with Crippen LogP contribution in [-0.4, -0.2) is 66.1 Å². The van der Waals surface area contributed by atoms with Crippen molar-refractivity contribution in [2.45, 2.75) is 32.0 Å². The molecule has 0 unspecified atom stereocenters. The van der Waals surface area contributed by atoms with Crippen LogP contribution in [0.25, 0.3) is 0 Å². The molecule has 0 aromatic heterocycles. The minimum absolute atomic E-state index is 0.0171. The number of hydrogen-bond donors (Lipinski definition) is 3. The van der Waals surface area contributed by atoms with Crippen molar-refractivity contribution in [2.24, 2.45) is 5.92 Å². The lowest BCUT2D eigenvalue weighted by Gasteiger charge is -2.45. The molecule has 8 heteroatoms. The van der Waals surface area contributed by atoms with E-state index >= 15 is 0 Å². The zero-order valence-electron chi connectivity index (χ0n) is 12.7. The molecule has 2 bridgehead atoms. The molecular weight excluding hydrogens is 296 g/mol. The van der Waals surface area contributed by atoms with E-state index in [2.05, 4.69) is 0 Å². The van der Waals surface area contributed by atoms with Crippen LogP contribution in [0.1, 0.15) is 20.3 Å². The summed E-state index contributed by atoms with van der Waals surface area (Å²) in [5.41, 5.74) is 0.0742. The fraction of sp³-hybridized carbons (Fsp3) is 0.786. The Morgan fingerprint density at radius 2 is 1.86 bits per heavy atom. The Kier molecular flexibility index (Phi) is 5.21. The number of fused-ring (bicyclic) bond motifs is 1. The van der Waals surface area contributed by atoms with Gasteiger partial charge in [-0.15, -0.1) is 0 Å². The van der Waals surface area contributed by atoms with Gasteiger partial charge in [0.1, 0.15) is 6.61 Å². The summed E-state index contributed by atoms with van der Waals surface area (Å²) in [4.78, 5) is 12.2.